The van der Waals surface area contributed by atoms with Crippen molar-refractivity contribution in [1.82, 2.24) is 5.32 Å². The van der Waals surface area contributed by atoms with Crippen LogP contribution in [0.1, 0.15) is 19.4 Å². The summed E-state index contributed by atoms with van der Waals surface area (Å²) in [5.74, 6) is -0.143. The molecule has 1 aromatic heterocycles. The second kappa shape index (κ2) is 4.42. The number of amides is 1. The predicted molar refractivity (Wildman–Crippen MR) is 62.1 cm³/mol. The smallest absolute Gasteiger partial charge is 0.239 e. The van der Waals surface area contributed by atoms with Crippen molar-refractivity contribution in [2.75, 3.05) is 0 Å². The minimum absolute atomic E-state index is 0.143. The summed E-state index contributed by atoms with van der Waals surface area (Å²) in [6, 6.07) is 1.97. The van der Waals surface area contributed by atoms with Gasteiger partial charge in [-0.25, -0.2) is 0 Å². The maximum absolute atomic E-state index is 11.4. The number of carbonyl (C=O) groups is 1. The fraction of sp³-hybridized carbons (Fsp3) is 0.444. The molecule has 1 rings (SSSR count). The Bertz CT molecular complexity index is 330. The van der Waals surface area contributed by atoms with Crippen molar-refractivity contribution in [1.29, 1.82) is 0 Å². The maximum Gasteiger partial charge on any atom is 0.239 e. The van der Waals surface area contributed by atoms with Crippen LogP contribution in [0.3, 0.4) is 0 Å². The molecular formula is C9H13BrN2OS. The lowest BCUT2D eigenvalue weighted by Crippen LogP contribution is -2.48. The lowest BCUT2D eigenvalue weighted by Gasteiger charge is -2.17. The van der Waals surface area contributed by atoms with Gasteiger partial charge in [-0.1, -0.05) is 0 Å². The van der Waals surface area contributed by atoms with Crippen molar-refractivity contribution in [2.45, 2.75) is 25.9 Å². The van der Waals surface area contributed by atoms with Gasteiger partial charge >= 0.3 is 0 Å². The molecular weight excluding hydrogens is 264 g/mol. The Balaban J connectivity index is 2.50. The van der Waals surface area contributed by atoms with Gasteiger partial charge in [-0.15, -0.1) is 11.3 Å². The molecule has 0 aliphatic rings. The first-order chi connectivity index (χ1) is 6.41. The quantitative estimate of drug-likeness (QED) is 0.886. The van der Waals surface area contributed by atoms with Gasteiger partial charge in [0.15, 0.2) is 0 Å². The number of hydrogen-bond acceptors (Lipinski definition) is 3. The van der Waals surface area contributed by atoms with Crippen molar-refractivity contribution in [3.8, 4) is 0 Å². The maximum atomic E-state index is 11.4. The van der Waals surface area contributed by atoms with E-state index in [1.807, 2.05) is 11.4 Å². The largest absolute Gasteiger partial charge is 0.350 e. The normalized spacial score (nSPS) is 11.4. The Morgan fingerprint density at radius 3 is 2.79 bits per heavy atom. The van der Waals surface area contributed by atoms with Crippen molar-refractivity contribution < 1.29 is 4.79 Å². The first-order valence-corrected chi connectivity index (χ1v) is 5.87. The van der Waals surface area contributed by atoms with Crippen LogP contribution in [0.5, 0.6) is 0 Å². The molecule has 1 heterocycles. The number of hydrogen-bond donors (Lipinski definition) is 2. The molecule has 14 heavy (non-hydrogen) atoms. The highest BCUT2D eigenvalue weighted by atomic mass is 79.9. The molecule has 0 bridgehead atoms. The Morgan fingerprint density at radius 2 is 2.36 bits per heavy atom. The molecule has 0 radical (unpaired) electrons. The molecule has 1 amide bonds. The second-order valence-electron chi connectivity index (χ2n) is 3.62. The van der Waals surface area contributed by atoms with Gasteiger partial charge in [0, 0.05) is 6.54 Å². The van der Waals surface area contributed by atoms with E-state index in [9.17, 15) is 4.79 Å². The SMILES string of the molecule is CC(C)(N)C(=O)NCc1ccsc1Br. The highest BCUT2D eigenvalue weighted by molar-refractivity contribution is 9.11. The van der Waals surface area contributed by atoms with E-state index in [0.29, 0.717) is 6.54 Å². The topological polar surface area (TPSA) is 55.1 Å². The molecule has 3 nitrogen and oxygen atoms in total. The average Bonchev–Trinajstić information content (AvgIpc) is 2.45. The van der Waals surface area contributed by atoms with E-state index in [4.69, 9.17) is 5.73 Å². The van der Waals surface area contributed by atoms with Crippen LogP contribution in [0.2, 0.25) is 0 Å². The highest BCUT2D eigenvalue weighted by Crippen LogP contribution is 2.23. The minimum atomic E-state index is -0.817. The van der Waals surface area contributed by atoms with E-state index < -0.39 is 5.54 Å². The fourth-order valence-electron chi connectivity index (χ4n) is 0.849. The van der Waals surface area contributed by atoms with E-state index in [-0.39, 0.29) is 5.91 Å². The molecule has 0 aliphatic carbocycles. The molecule has 0 saturated carbocycles. The van der Waals surface area contributed by atoms with Gasteiger partial charge in [0.1, 0.15) is 0 Å². The van der Waals surface area contributed by atoms with Crippen LogP contribution in [-0.4, -0.2) is 11.4 Å². The van der Waals surface area contributed by atoms with Crippen LogP contribution in [0.4, 0.5) is 0 Å². The van der Waals surface area contributed by atoms with Gasteiger partial charge in [-0.05, 0) is 46.8 Å². The Kier molecular flexibility index (Phi) is 3.69. The molecule has 0 fully saturated rings. The Labute approximate surface area is 95.8 Å². The van der Waals surface area contributed by atoms with E-state index in [2.05, 4.69) is 21.2 Å². The number of carbonyl (C=O) groups excluding carboxylic acids is 1. The Morgan fingerprint density at radius 1 is 1.71 bits per heavy atom. The third kappa shape index (κ3) is 3.08. The third-order valence-corrected chi connectivity index (χ3v) is 3.53. The van der Waals surface area contributed by atoms with Crippen LogP contribution < -0.4 is 11.1 Å². The third-order valence-electron chi connectivity index (χ3n) is 1.72. The molecule has 0 saturated heterocycles. The van der Waals surface area contributed by atoms with Gasteiger partial charge in [-0.3, -0.25) is 4.79 Å². The van der Waals surface area contributed by atoms with Gasteiger partial charge in [-0.2, -0.15) is 0 Å². The molecule has 0 spiro atoms. The molecule has 0 aromatic carbocycles. The number of nitrogens with one attached hydrogen (secondary N) is 1. The fourth-order valence-corrected chi connectivity index (χ4v) is 2.09. The van der Waals surface area contributed by atoms with Crippen LogP contribution in [-0.2, 0) is 11.3 Å². The molecule has 1 aromatic rings. The van der Waals surface area contributed by atoms with E-state index in [0.717, 1.165) is 9.35 Å². The van der Waals surface area contributed by atoms with Gasteiger partial charge in [0.05, 0.1) is 9.33 Å². The Hall–Kier alpha value is -0.390. The first-order valence-electron chi connectivity index (χ1n) is 4.20. The van der Waals surface area contributed by atoms with Crippen molar-refractivity contribution >= 4 is 33.2 Å². The summed E-state index contributed by atoms with van der Waals surface area (Å²) in [6.45, 7) is 3.89. The van der Waals surface area contributed by atoms with Crippen LogP contribution >= 0.6 is 27.3 Å². The average molecular weight is 277 g/mol. The molecule has 5 heteroatoms. The van der Waals surface area contributed by atoms with Crippen molar-refractivity contribution in [3.63, 3.8) is 0 Å². The highest BCUT2D eigenvalue weighted by Gasteiger charge is 2.21. The summed E-state index contributed by atoms with van der Waals surface area (Å²) in [5.41, 5.74) is 5.89. The van der Waals surface area contributed by atoms with Crippen LogP contribution in [0, 0.1) is 0 Å². The number of thiophene rings is 1. The van der Waals surface area contributed by atoms with Gasteiger partial charge in [0.2, 0.25) is 5.91 Å². The lowest BCUT2D eigenvalue weighted by molar-refractivity contribution is -0.125. The van der Waals surface area contributed by atoms with Crippen molar-refractivity contribution in [2.24, 2.45) is 5.73 Å². The zero-order valence-corrected chi connectivity index (χ0v) is 10.5. The monoisotopic (exact) mass is 276 g/mol. The number of rotatable bonds is 3. The molecule has 0 unspecified atom stereocenters. The van der Waals surface area contributed by atoms with E-state index in [1.54, 1.807) is 25.2 Å². The van der Waals surface area contributed by atoms with Gasteiger partial charge in [0.25, 0.3) is 0 Å². The summed E-state index contributed by atoms with van der Waals surface area (Å²) >= 11 is 5.00. The molecule has 3 N–H and O–H groups in total. The summed E-state index contributed by atoms with van der Waals surface area (Å²) in [7, 11) is 0. The van der Waals surface area contributed by atoms with Crippen molar-refractivity contribution in [3.05, 3.63) is 20.8 Å². The standard InChI is InChI=1S/C9H13BrN2OS/c1-9(2,11)8(13)12-5-6-3-4-14-7(6)10/h3-4H,5,11H2,1-2H3,(H,12,13). The summed E-state index contributed by atoms with van der Waals surface area (Å²) in [4.78, 5) is 11.4. The predicted octanol–water partition coefficient (Wildman–Crippen LogP) is 1.86. The summed E-state index contributed by atoms with van der Waals surface area (Å²) in [5, 5.41) is 4.75. The minimum Gasteiger partial charge on any atom is -0.350 e. The van der Waals surface area contributed by atoms with Gasteiger partial charge < -0.3 is 11.1 Å². The number of halogens is 1. The van der Waals surface area contributed by atoms with Crippen LogP contribution in [0.25, 0.3) is 0 Å². The zero-order chi connectivity index (χ0) is 10.8. The summed E-state index contributed by atoms with van der Waals surface area (Å²) < 4.78 is 1.05. The van der Waals surface area contributed by atoms with Crippen LogP contribution in [0.15, 0.2) is 15.2 Å². The molecule has 78 valence electrons. The first kappa shape index (κ1) is 11.7. The molecule has 0 atom stereocenters. The molecule has 0 aliphatic heterocycles. The lowest BCUT2D eigenvalue weighted by atomic mass is 10.1. The van der Waals surface area contributed by atoms with E-state index >= 15 is 0 Å². The zero-order valence-electron chi connectivity index (χ0n) is 8.13. The number of nitrogens with two attached hydrogens (primary N) is 1. The summed E-state index contributed by atoms with van der Waals surface area (Å²) in [6.07, 6.45) is 0. The second-order valence-corrected chi connectivity index (χ2v) is 5.86. The van der Waals surface area contributed by atoms with E-state index in [1.165, 1.54) is 0 Å².